The van der Waals surface area contributed by atoms with Crippen molar-refractivity contribution in [1.29, 1.82) is 0 Å². The average molecular weight is 333 g/mol. The van der Waals surface area contributed by atoms with Crippen molar-refractivity contribution >= 4 is 11.0 Å². The summed E-state index contributed by atoms with van der Waals surface area (Å²) in [7, 11) is 0. The fraction of sp³-hybridized carbons (Fsp3) is 0.471. The zero-order chi connectivity index (χ0) is 17.6. The summed E-state index contributed by atoms with van der Waals surface area (Å²) in [4.78, 5) is 4.65. The molecule has 0 N–H and O–H groups in total. The second kappa shape index (κ2) is 5.96. The highest BCUT2D eigenvalue weighted by Gasteiger charge is 2.23. The number of halogens is 2. The monoisotopic (exact) mass is 333 g/mol. The number of aryl methyl sites for hydroxylation is 2. The van der Waals surface area contributed by atoms with E-state index in [1.165, 1.54) is 6.07 Å². The van der Waals surface area contributed by atoms with Crippen molar-refractivity contribution in [2.75, 3.05) is 0 Å². The minimum absolute atomic E-state index is 0.0250. The highest BCUT2D eigenvalue weighted by molar-refractivity contribution is 5.85. The Morgan fingerprint density at radius 3 is 2.46 bits per heavy atom. The summed E-state index contributed by atoms with van der Waals surface area (Å²) in [6.07, 6.45) is -0.898. The molecule has 0 spiro atoms. The smallest absolute Gasteiger partial charge is 0.264 e. The normalized spacial score (nSPS) is 12.0. The van der Waals surface area contributed by atoms with E-state index in [0.717, 1.165) is 17.8 Å². The van der Waals surface area contributed by atoms with Crippen LogP contribution in [0.2, 0.25) is 0 Å². The molecule has 0 unspecified atom stereocenters. The van der Waals surface area contributed by atoms with Gasteiger partial charge in [-0.05, 0) is 40.7 Å². The van der Waals surface area contributed by atoms with Crippen molar-refractivity contribution in [3.05, 3.63) is 29.2 Å². The molecule has 0 aliphatic heterocycles. The van der Waals surface area contributed by atoms with Crippen LogP contribution in [0.1, 0.15) is 50.2 Å². The van der Waals surface area contributed by atoms with Crippen molar-refractivity contribution in [2.45, 2.75) is 53.6 Å². The molecule has 0 aromatic carbocycles. The van der Waals surface area contributed by atoms with E-state index in [9.17, 15) is 8.78 Å². The predicted octanol–water partition coefficient (Wildman–Crippen LogP) is 4.45. The summed E-state index contributed by atoms with van der Waals surface area (Å²) in [6.45, 7) is 10.3. The number of alkyl halides is 2. The van der Waals surface area contributed by atoms with E-state index >= 15 is 0 Å². The second-order valence-corrected chi connectivity index (χ2v) is 6.18. The van der Waals surface area contributed by atoms with Crippen molar-refractivity contribution in [3.8, 4) is 11.3 Å². The van der Waals surface area contributed by atoms with Crippen LogP contribution < -0.4 is 0 Å². The van der Waals surface area contributed by atoms with Gasteiger partial charge in [0.15, 0.2) is 5.65 Å². The van der Waals surface area contributed by atoms with Gasteiger partial charge in [0.05, 0.1) is 23.0 Å². The first-order valence-corrected chi connectivity index (χ1v) is 8.05. The Labute approximate surface area is 139 Å². The summed E-state index contributed by atoms with van der Waals surface area (Å²) in [5.41, 5.74) is 3.25. The fourth-order valence-corrected chi connectivity index (χ4v) is 3.03. The second-order valence-electron chi connectivity index (χ2n) is 6.18. The molecule has 0 fully saturated rings. The minimum Gasteiger partial charge on any atom is -0.269 e. The van der Waals surface area contributed by atoms with Crippen LogP contribution in [0, 0.1) is 13.8 Å². The van der Waals surface area contributed by atoms with Crippen molar-refractivity contribution in [3.63, 3.8) is 0 Å². The molecule has 3 rings (SSSR count). The average Bonchev–Trinajstić information content (AvgIpc) is 3.07. The standard InChI is InChI=1S/C17H21F2N5/c1-6-23-11(5)13(8-20-23)14-7-12(16(18)19)15-10(4)22-24(9(2)3)17(15)21-14/h7-9,16H,6H2,1-5H3. The van der Waals surface area contributed by atoms with Gasteiger partial charge in [0.25, 0.3) is 6.43 Å². The Balaban J connectivity index is 2.34. The SMILES string of the molecule is CCn1ncc(-c2cc(C(F)F)c3c(C)nn(C(C)C)c3n2)c1C. The summed E-state index contributed by atoms with van der Waals surface area (Å²) < 4.78 is 30.9. The summed E-state index contributed by atoms with van der Waals surface area (Å²) >= 11 is 0. The van der Waals surface area contributed by atoms with Crippen LogP contribution in [0.3, 0.4) is 0 Å². The minimum atomic E-state index is -2.58. The maximum Gasteiger partial charge on any atom is 0.264 e. The lowest BCUT2D eigenvalue weighted by Crippen LogP contribution is -2.05. The van der Waals surface area contributed by atoms with Crippen LogP contribution in [-0.4, -0.2) is 24.5 Å². The van der Waals surface area contributed by atoms with Crippen molar-refractivity contribution in [2.24, 2.45) is 0 Å². The molecule has 0 atom stereocenters. The topological polar surface area (TPSA) is 48.5 Å². The Morgan fingerprint density at radius 1 is 1.21 bits per heavy atom. The zero-order valence-electron chi connectivity index (χ0n) is 14.5. The first kappa shape index (κ1) is 16.5. The third kappa shape index (κ3) is 2.48. The summed E-state index contributed by atoms with van der Waals surface area (Å²) in [5, 5.41) is 9.15. The van der Waals surface area contributed by atoms with Crippen LogP contribution in [0.25, 0.3) is 22.3 Å². The van der Waals surface area contributed by atoms with Gasteiger partial charge >= 0.3 is 0 Å². The number of hydrogen-bond acceptors (Lipinski definition) is 3. The third-order valence-corrected chi connectivity index (χ3v) is 4.27. The molecule has 7 heteroatoms. The number of aromatic nitrogens is 5. The Hall–Kier alpha value is -2.31. The quantitative estimate of drug-likeness (QED) is 0.709. The molecule has 0 saturated heterocycles. The molecular weight excluding hydrogens is 312 g/mol. The van der Waals surface area contributed by atoms with Gasteiger partial charge < -0.3 is 0 Å². The van der Waals surface area contributed by atoms with E-state index in [2.05, 4.69) is 15.2 Å². The van der Waals surface area contributed by atoms with Gasteiger partial charge in [-0.2, -0.15) is 10.2 Å². The van der Waals surface area contributed by atoms with Gasteiger partial charge in [0.1, 0.15) is 0 Å². The molecule has 0 bridgehead atoms. The first-order valence-electron chi connectivity index (χ1n) is 8.05. The van der Waals surface area contributed by atoms with Gasteiger partial charge in [-0.15, -0.1) is 0 Å². The van der Waals surface area contributed by atoms with Crippen molar-refractivity contribution in [1.82, 2.24) is 24.5 Å². The van der Waals surface area contributed by atoms with E-state index in [-0.39, 0.29) is 11.6 Å². The van der Waals surface area contributed by atoms with Crippen LogP contribution in [0.4, 0.5) is 8.78 Å². The molecule has 24 heavy (non-hydrogen) atoms. The predicted molar refractivity (Wildman–Crippen MR) is 89.2 cm³/mol. The van der Waals surface area contributed by atoms with Crippen LogP contribution in [0.15, 0.2) is 12.3 Å². The van der Waals surface area contributed by atoms with Crippen LogP contribution in [0.5, 0.6) is 0 Å². The number of hydrogen-bond donors (Lipinski definition) is 0. The molecule has 0 aliphatic rings. The van der Waals surface area contributed by atoms with Gasteiger partial charge in [-0.25, -0.2) is 18.4 Å². The summed E-state index contributed by atoms with van der Waals surface area (Å²) in [6, 6.07) is 1.50. The van der Waals surface area contributed by atoms with E-state index < -0.39 is 6.43 Å². The lowest BCUT2D eigenvalue weighted by Gasteiger charge is -2.10. The van der Waals surface area contributed by atoms with Gasteiger partial charge in [-0.3, -0.25) is 4.68 Å². The number of pyridine rings is 1. The molecule has 128 valence electrons. The molecule has 3 heterocycles. The molecule has 3 aromatic rings. The maximum absolute atomic E-state index is 13.7. The number of nitrogens with zero attached hydrogens (tertiary/aromatic N) is 5. The maximum atomic E-state index is 13.7. The molecule has 0 saturated carbocycles. The zero-order valence-corrected chi connectivity index (χ0v) is 14.5. The van der Waals surface area contributed by atoms with E-state index in [1.54, 1.807) is 17.8 Å². The highest BCUT2D eigenvalue weighted by Crippen LogP contribution is 2.34. The Bertz CT molecular complexity index is 892. The van der Waals surface area contributed by atoms with Crippen LogP contribution >= 0.6 is 0 Å². The van der Waals surface area contributed by atoms with Crippen LogP contribution in [-0.2, 0) is 6.54 Å². The summed E-state index contributed by atoms with van der Waals surface area (Å²) in [5.74, 6) is 0. The van der Waals surface area contributed by atoms with E-state index in [1.807, 2.05) is 32.4 Å². The van der Waals surface area contributed by atoms with E-state index in [4.69, 9.17) is 0 Å². The molecule has 0 amide bonds. The third-order valence-electron chi connectivity index (χ3n) is 4.27. The largest absolute Gasteiger partial charge is 0.269 e. The molecule has 0 radical (unpaired) electrons. The number of fused-ring (bicyclic) bond motifs is 1. The van der Waals surface area contributed by atoms with Gasteiger partial charge in [0, 0.05) is 29.4 Å². The Morgan fingerprint density at radius 2 is 1.92 bits per heavy atom. The molecular formula is C17H21F2N5. The first-order chi connectivity index (χ1) is 11.3. The lowest BCUT2D eigenvalue weighted by molar-refractivity contribution is 0.153. The molecule has 3 aromatic heterocycles. The highest BCUT2D eigenvalue weighted by atomic mass is 19.3. The molecule has 5 nitrogen and oxygen atoms in total. The Kier molecular flexibility index (Phi) is 4.11. The van der Waals surface area contributed by atoms with Crippen molar-refractivity contribution < 1.29 is 8.78 Å². The lowest BCUT2D eigenvalue weighted by atomic mass is 10.1. The molecule has 0 aliphatic carbocycles. The van der Waals surface area contributed by atoms with Gasteiger partial charge in [-0.1, -0.05) is 0 Å². The van der Waals surface area contributed by atoms with Gasteiger partial charge in [0.2, 0.25) is 0 Å². The number of rotatable bonds is 4. The fourth-order valence-electron chi connectivity index (χ4n) is 3.03. The van der Waals surface area contributed by atoms with E-state index in [0.29, 0.717) is 22.4 Å².